The Morgan fingerprint density at radius 1 is 1.21 bits per heavy atom. The molecule has 0 fully saturated rings. The number of hydrogen-bond donors (Lipinski definition) is 2. The summed E-state index contributed by atoms with van der Waals surface area (Å²) in [6.07, 6.45) is 2.71. The molecule has 3 rings (SSSR count). The van der Waals surface area contributed by atoms with Crippen LogP contribution in [-0.2, 0) is 6.42 Å². The van der Waals surface area contributed by atoms with Gasteiger partial charge in [0.25, 0.3) is 0 Å². The molecule has 1 unspecified atom stereocenters. The number of rotatable bonds is 4. The minimum absolute atomic E-state index is 0.128. The molecule has 0 saturated carbocycles. The van der Waals surface area contributed by atoms with Crippen molar-refractivity contribution in [3.63, 3.8) is 0 Å². The van der Waals surface area contributed by atoms with E-state index in [4.69, 9.17) is 5.84 Å². The van der Waals surface area contributed by atoms with Crippen LogP contribution in [0.2, 0.25) is 0 Å². The van der Waals surface area contributed by atoms with Crippen LogP contribution in [0.4, 0.5) is 0 Å². The Labute approximate surface area is 116 Å². The van der Waals surface area contributed by atoms with E-state index in [1.54, 1.807) is 11.3 Å². The van der Waals surface area contributed by atoms with E-state index in [0.29, 0.717) is 0 Å². The minimum atomic E-state index is 0.128. The second kappa shape index (κ2) is 5.48. The molecule has 1 atom stereocenters. The first-order chi connectivity index (χ1) is 9.36. The van der Waals surface area contributed by atoms with Crippen LogP contribution in [0.3, 0.4) is 0 Å². The average Bonchev–Trinajstić information content (AvgIpc) is 2.97. The van der Waals surface area contributed by atoms with Gasteiger partial charge in [0.05, 0.1) is 11.6 Å². The molecule has 4 heteroatoms. The van der Waals surface area contributed by atoms with Gasteiger partial charge >= 0.3 is 0 Å². The topological polar surface area (TPSA) is 50.9 Å². The number of nitrogens with two attached hydrogens (primary N) is 1. The van der Waals surface area contributed by atoms with E-state index in [1.807, 2.05) is 18.3 Å². The number of nitrogens with zero attached hydrogens (tertiary/aromatic N) is 1. The number of hydrazine groups is 1. The van der Waals surface area contributed by atoms with Crippen molar-refractivity contribution in [2.24, 2.45) is 5.84 Å². The van der Waals surface area contributed by atoms with Crippen LogP contribution < -0.4 is 11.3 Å². The standard InChI is InChI=1S/C15H15N3S/c16-18-15(10-13-4-2-8-19-13)12-5-6-14-11(9-12)3-1-7-17-14/h1-9,15,18H,10,16H2. The number of benzene rings is 1. The Hall–Kier alpha value is -1.75. The SMILES string of the molecule is NNC(Cc1cccs1)c1ccc2ncccc2c1. The number of thiophene rings is 1. The number of aromatic nitrogens is 1. The maximum Gasteiger partial charge on any atom is 0.0702 e. The Balaban J connectivity index is 1.92. The van der Waals surface area contributed by atoms with E-state index >= 15 is 0 Å². The highest BCUT2D eigenvalue weighted by Crippen LogP contribution is 2.23. The lowest BCUT2D eigenvalue weighted by Crippen LogP contribution is -2.29. The van der Waals surface area contributed by atoms with Crippen LogP contribution in [0.15, 0.2) is 54.0 Å². The summed E-state index contributed by atoms with van der Waals surface area (Å²) in [6.45, 7) is 0. The van der Waals surface area contributed by atoms with Crippen LogP contribution in [0.1, 0.15) is 16.5 Å². The van der Waals surface area contributed by atoms with E-state index in [9.17, 15) is 0 Å². The maximum atomic E-state index is 5.70. The fourth-order valence-electron chi connectivity index (χ4n) is 2.21. The third kappa shape index (κ3) is 2.66. The second-order valence-corrected chi connectivity index (χ2v) is 5.49. The normalized spacial score (nSPS) is 12.7. The highest BCUT2D eigenvalue weighted by molar-refractivity contribution is 7.09. The monoisotopic (exact) mass is 269 g/mol. The summed E-state index contributed by atoms with van der Waals surface area (Å²) in [5.74, 6) is 5.70. The summed E-state index contributed by atoms with van der Waals surface area (Å²) < 4.78 is 0. The molecule has 0 aliphatic rings. The molecule has 2 heterocycles. The number of pyridine rings is 1. The zero-order valence-electron chi connectivity index (χ0n) is 10.4. The summed E-state index contributed by atoms with van der Waals surface area (Å²) >= 11 is 1.76. The predicted molar refractivity (Wildman–Crippen MR) is 79.8 cm³/mol. The molecule has 0 radical (unpaired) electrons. The van der Waals surface area contributed by atoms with E-state index < -0.39 is 0 Å². The van der Waals surface area contributed by atoms with Gasteiger partial charge in [-0.25, -0.2) is 0 Å². The van der Waals surface area contributed by atoms with Crippen LogP contribution in [0, 0.1) is 0 Å². The Kier molecular flexibility index (Phi) is 3.55. The van der Waals surface area contributed by atoms with E-state index in [2.05, 4.69) is 46.1 Å². The first-order valence-corrected chi connectivity index (χ1v) is 7.08. The highest BCUT2D eigenvalue weighted by atomic mass is 32.1. The van der Waals surface area contributed by atoms with Crippen molar-refractivity contribution in [3.05, 3.63) is 64.5 Å². The minimum Gasteiger partial charge on any atom is -0.271 e. The van der Waals surface area contributed by atoms with Gasteiger partial charge in [-0.2, -0.15) is 0 Å². The molecular formula is C15H15N3S. The molecule has 96 valence electrons. The lowest BCUT2D eigenvalue weighted by Gasteiger charge is -2.16. The Morgan fingerprint density at radius 3 is 2.95 bits per heavy atom. The van der Waals surface area contributed by atoms with Gasteiger partial charge < -0.3 is 0 Å². The summed E-state index contributed by atoms with van der Waals surface area (Å²) in [7, 11) is 0. The molecule has 0 aliphatic carbocycles. The molecule has 3 aromatic rings. The molecule has 2 aromatic heterocycles. The van der Waals surface area contributed by atoms with Crippen LogP contribution in [-0.4, -0.2) is 4.98 Å². The fraction of sp³-hybridized carbons (Fsp3) is 0.133. The van der Waals surface area contributed by atoms with Gasteiger partial charge in [-0.05, 0) is 35.2 Å². The average molecular weight is 269 g/mol. The van der Waals surface area contributed by atoms with Crippen LogP contribution >= 0.6 is 11.3 Å². The van der Waals surface area contributed by atoms with Gasteiger partial charge in [0.15, 0.2) is 0 Å². The zero-order chi connectivity index (χ0) is 13.1. The number of hydrogen-bond acceptors (Lipinski definition) is 4. The van der Waals surface area contributed by atoms with Crippen LogP contribution in [0.25, 0.3) is 10.9 Å². The quantitative estimate of drug-likeness (QED) is 0.565. The largest absolute Gasteiger partial charge is 0.271 e. The molecule has 0 bridgehead atoms. The van der Waals surface area contributed by atoms with Crippen molar-refractivity contribution in [1.82, 2.24) is 10.4 Å². The number of nitrogens with one attached hydrogen (secondary N) is 1. The lowest BCUT2D eigenvalue weighted by atomic mass is 10.0. The van der Waals surface area contributed by atoms with Crippen molar-refractivity contribution in [2.45, 2.75) is 12.5 Å². The van der Waals surface area contributed by atoms with Crippen molar-refractivity contribution in [2.75, 3.05) is 0 Å². The fourth-order valence-corrected chi connectivity index (χ4v) is 2.97. The lowest BCUT2D eigenvalue weighted by molar-refractivity contribution is 0.556. The van der Waals surface area contributed by atoms with Crippen molar-refractivity contribution >= 4 is 22.2 Å². The first-order valence-electron chi connectivity index (χ1n) is 6.20. The molecule has 19 heavy (non-hydrogen) atoms. The summed E-state index contributed by atoms with van der Waals surface area (Å²) in [4.78, 5) is 5.66. The third-order valence-corrected chi connectivity index (χ3v) is 4.11. The summed E-state index contributed by atoms with van der Waals surface area (Å²) in [5.41, 5.74) is 5.11. The second-order valence-electron chi connectivity index (χ2n) is 4.46. The van der Waals surface area contributed by atoms with Gasteiger partial charge in [0.2, 0.25) is 0 Å². The van der Waals surface area contributed by atoms with E-state index in [0.717, 1.165) is 17.3 Å². The molecule has 3 nitrogen and oxygen atoms in total. The van der Waals surface area contributed by atoms with Crippen molar-refractivity contribution in [3.8, 4) is 0 Å². The van der Waals surface area contributed by atoms with Crippen molar-refractivity contribution in [1.29, 1.82) is 0 Å². The predicted octanol–water partition coefficient (Wildman–Crippen LogP) is 3.04. The smallest absolute Gasteiger partial charge is 0.0702 e. The number of fused-ring (bicyclic) bond motifs is 1. The molecule has 0 amide bonds. The molecule has 0 saturated heterocycles. The molecule has 1 aromatic carbocycles. The Morgan fingerprint density at radius 2 is 2.16 bits per heavy atom. The van der Waals surface area contributed by atoms with Gasteiger partial charge in [0.1, 0.15) is 0 Å². The van der Waals surface area contributed by atoms with Gasteiger partial charge in [0, 0.05) is 22.9 Å². The van der Waals surface area contributed by atoms with E-state index in [1.165, 1.54) is 10.4 Å². The summed E-state index contributed by atoms with van der Waals surface area (Å²) in [6, 6.07) is 14.6. The van der Waals surface area contributed by atoms with Gasteiger partial charge in [-0.15, -0.1) is 11.3 Å². The van der Waals surface area contributed by atoms with Gasteiger partial charge in [-0.3, -0.25) is 16.3 Å². The first kappa shape index (κ1) is 12.3. The third-order valence-electron chi connectivity index (χ3n) is 3.22. The summed E-state index contributed by atoms with van der Waals surface area (Å²) in [5, 5.41) is 3.24. The molecule has 0 spiro atoms. The van der Waals surface area contributed by atoms with E-state index in [-0.39, 0.29) is 6.04 Å². The molecular weight excluding hydrogens is 254 g/mol. The Bertz CT molecular complexity index is 664. The molecule has 0 aliphatic heterocycles. The zero-order valence-corrected chi connectivity index (χ0v) is 11.2. The maximum absolute atomic E-state index is 5.70. The van der Waals surface area contributed by atoms with Crippen molar-refractivity contribution < 1.29 is 0 Å². The van der Waals surface area contributed by atoms with Gasteiger partial charge in [-0.1, -0.05) is 18.2 Å². The highest BCUT2D eigenvalue weighted by Gasteiger charge is 2.11. The molecule has 3 N–H and O–H groups in total. The van der Waals surface area contributed by atoms with Crippen LogP contribution in [0.5, 0.6) is 0 Å².